The Kier molecular flexibility index (Phi) is 20.5. The first-order valence-electron chi connectivity index (χ1n) is 13.2. The van der Waals surface area contributed by atoms with E-state index in [1.807, 2.05) is 33.3 Å². The Hall–Kier alpha value is -1.02. The van der Waals surface area contributed by atoms with Crippen molar-refractivity contribution >= 4 is 13.8 Å². The maximum absolute atomic E-state index is 11.8. The third kappa shape index (κ3) is 25.9. The lowest BCUT2D eigenvalue weighted by atomic mass is 10.1. The fourth-order valence-corrected chi connectivity index (χ4v) is 3.90. The zero-order valence-electron chi connectivity index (χ0n) is 22.5. The Morgan fingerprint density at radius 3 is 2.03 bits per heavy atom. The van der Waals surface area contributed by atoms with Crippen LogP contribution in [0.5, 0.6) is 0 Å². The number of nitrogens with zero attached hydrogens (tertiary/aromatic N) is 1. The van der Waals surface area contributed by atoms with Crippen molar-refractivity contribution in [1.82, 2.24) is 0 Å². The zero-order chi connectivity index (χ0) is 26.4. The number of allylic oxidation sites excluding steroid dienone is 3. The number of phosphoric ester groups is 1. The monoisotopic (exact) mass is 520 g/mol. The highest BCUT2D eigenvalue weighted by Gasteiger charge is 2.24. The Morgan fingerprint density at radius 2 is 1.46 bits per heavy atom. The number of unbranched alkanes of at least 4 members (excludes halogenated alkanes) is 11. The highest BCUT2D eigenvalue weighted by molar-refractivity contribution is 7.47. The molecule has 0 aromatic heterocycles. The van der Waals surface area contributed by atoms with Crippen LogP contribution in [0.1, 0.15) is 84.0 Å². The number of aliphatic hydroxyl groups is 1. The average molecular weight is 521 g/mol. The second-order valence-electron chi connectivity index (χ2n) is 10.0. The zero-order valence-corrected chi connectivity index (χ0v) is 23.4. The van der Waals surface area contributed by atoms with Crippen LogP contribution >= 0.6 is 7.82 Å². The third-order valence-electron chi connectivity index (χ3n) is 5.32. The summed E-state index contributed by atoms with van der Waals surface area (Å²) in [5.41, 5.74) is 0. The molecule has 0 saturated carbocycles. The molecule has 0 heterocycles. The summed E-state index contributed by atoms with van der Waals surface area (Å²) in [6.07, 6.45) is 21.0. The molecule has 1 unspecified atom stereocenters. The molecule has 8 nitrogen and oxygen atoms in total. The molecular formula is C26H51NO7P+. The van der Waals surface area contributed by atoms with Crippen molar-refractivity contribution in [2.45, 2.75) is 90.1 Å². The van der Waals surface area contributed by atoms with Crippen LogP contribution in [0.3, 0.4) is 0 Å². The van der Waals surface area contributed by atoms with Crippen LogP contribution in [-0.4, -0.2) is 74.1 Å². The lowest BCUT2D eigenvalue weighted by Gasteiger charge is -2.24. The number of quaternary nitrogens is 1. The fourth-order valence-electron chi connectivity index (χ4n) is 3.16. The first-order chi connectivity index (χ1) is 16.6. The van der Waals surface area contributed by atoms with Gasteiger partial charge in [-0.15, -0.1) is 0 Å². The largest absolute Gasteiger partial charge is 0.472 e. The number of ether oxygens (including phenoxy) is 1. The molecule has 2 N–H and O–H groups in total. The van der Waals surface area contributed by atoms with Gasteiger partial charge in [-0.3, -0.25) is 9.05 Å². The predicted molar refractivity (Wildman–Crippen MR) is 141 cm³/mol. The van der Waals surface area contributed by atoms with E-state index in [2.05, 4.69) is 6.92 Å². The van der Waals surface area contributed by atoms with Crippen LogP contribution in [0.15, 0.2) is 24.3 Å². The molecule has 0 aromatic carbocycles. The Morgan fingerprint density at radius 1 is 0.886 bits per heavy atom. The first kappa shape index (κ1) is 34.0. The van der Waals surface area contributed by atoms with E-state index in [0.29, 0.717) is 11.0 Å². The van der Waals surface area contributed by atoms with Crippen molar-refractivity contribution in [2.24, 2.45) is 0 Å². The molecule has 35 heavy (non-hydrogen) atoms. The number of likely N-dealkylation sites (N-methyl/N-ethyl adjacent to an activating group) is 1. The van der Waals surface area contributed by atoms with Crippen molar-refractivity contribution < 1.29 is 37.6 Å². The Balaban J connectivity index is 3.72. The molecule has 0 spiro atoms. The minimum atomic E-state index is -4.26. The number of hydrogen-bond acceptors (Lipinski definition) is 6. The van der Waals surface area contributed by atoms with Gasteiger partial charge in [0.2, 0.25) is 0 Å². The van der Waals surface area contributed by atoms with Crippen LogP contribution in [0, 0.1) is 0 Å². The molecule has 0 radical (unpaired) electrons. The maximum Gasteiger partial charge on any atom is 0.472 e. The van der Waals surface area contributed by atoms with E-state index in [4.69, 9.17) is 13.8 Å². The van der Waals surface area contributed by atoms with Gasteiger partial charge in [0.15, 0.2) is 0 Å². The summed E-state index contributed by atoms with van der Waals surface area (Å²) in [7, 11) is 1.51. The summed E-state index contributed by atoms with van der Waals surface area (Å²) < 4.78 is 26.9. The van der Waals surface area contributed by atoms with E-state index in [1.165, 1.54) is 70.3 Å². The molecule has 0 fully saturated rings. The van der Waals surface area contributed by atoms with Gasteiger partial charge in [-0.2, -0.15) is 0 Å². The molecule has 2 atom stereocenters. The lowest BCUT2D eigenvalue weighted by molar-refractivity contribution is -0.870. The average Bonchev–Trinajstić information content (AvgIpc) is 2.78. The molecule has 0 saturated heterocycles. The standard InChI is InChI=1S/C26H50NO7P/c1-5-6-7-8-9-10-11-12-13-14-15-16-17-18-19-20-26(29)32-23-25(28)24-34-35(30,31)33-22-21-27(2,3)4/h17-20,25,28H,5-16,21-24H2,1-4H3/p+1/b18-17+,20-19+/t25-/m1/s1. The molecule has 0 aromatic rings. The third-order valence-corrected chi connectivity index (χ3v) is 6.30. The molecular weight excluding hydrogens is 469 g/mol. The van der Waals surface area contributed by atoms with E-state index in [0.717, 1.165) is 12.8 Å². The van der Waals surface area contributed by atoms with Gasteiger partial charge >= 0.3 is 13.8 Å². The highest BCUT2D eigenvalue weighted by atomic mass is 31.2. The van der Waals surface area contributed by atoms with Gasteiger partial charge in [0.25, 0.3) is 0 Å². The van der Waals surface area contributed by atoms with Gasteiger partial charge in [0.1, 0.15) is 25.9 Å². The second-order valence-corrected chi connectivity index (χ2v) is 11.5. The van der Waals surface area contributed by atoms with Gasteiger partial charge in [-0.25, -0.2) is 9.36 Å². The van der Waals surface area contributed by atoms with Crippen LogP contribution < -0.4 is 0 Å². The summed E-state index contributed by atoms with van der Waals surface area (Å²) in [4.78, 5) is 21.3. The van der Waals surface area contributed by atoms with Crippen molar-refractivity contribution in [3.63, 3.8) is 0 Å². The van der Waals surface area contributed by atoms with Crippen molar-refractivity contribution in [3.8, 4) is 0 Å². The number of phosphoric acid groups is 1. The molecule has 0 bridgehead atoms. The lowest BCUT2D eigenvalue weighted by Crippen LogP contribution is -2.37. The summed E-state index contributed by atoms with van der Waals surface area (Å²) in [5.74, 6) is -0.602. The molecule has 206 valence electrons. The number of rotatable bonds is 23. The van der Waals surface area contributed by atoms with Crippen LogP contribution in [0.2, 0.25) is 0 Å². The van der Waals surface area contributed by atoms with Gasteiger partial charge in [0.05, 0.1) is 27.7 Å². The summed E-state index contributed by atoms with van der Waals surface area (Å²) >= 11 is 0. The summed E-state index contributed by atoms with van der Waals surface area (Å²) in [6, 6.07) is 0. The number of hydrogen-bond donors (Lipinski definition) is 2. The first-order valence-corrected chi connectivity index (χ1v) is 14.7. The highest BCUT2D eigenvalue weighted by Crippen LogP contribution is 2.43. The minimum Gasteiger partial charge on any atom is -0.460 e. The van der Waals surface area contributed by atoms with Gasteiger partial charge < -0.3 is 19.2 Å². The molecule has 0 aliphatic rings. The predicted octanol–water partition coefficient (Wildman–Crippen LogP) is 5.54. The van der Waals surface area contributed by atoms with Crippen LogP contribution in [0.25, 0.3) is 0 Å². The van der Waals surface area contributed by atoms with E-state index in [9.17, 15) is 19.4 Å². The van der Waals surface area contributed by atoms with Crippen molar-refractivity contribution in [2.75, 3.05) is 47.5 Å². The van der Waals surface area contributed by atoms with Crippen LogP contribution in [-0.2, 0) is 23.1 Å². The van der Waals surface area contributed by atoms with E-state index in [-0.39, 0.29) is 13.2 Å². The number of aliphatic hydroxyl groups excluding tert-OH is 1. The second kappa shape index (κ2) is 21.1. The van der Waals surface area contributed by atoms with Crippen LogP contribution in [0.4, 0.5) is 0 Å². The normalized spacial score (nSPS) is 15.0. The fraction of sp³-hybridized carbons (Fsp3) is 0.808. The van der Waals surface area contributed by atoms with E-state index < -0.39 is 26.5 Å². The molecule has 0 amide bonds. The Bertz CT molecular complexity index is 632. The molecule has 0 rings (SSSR count). The number of esters is 1. The SMILES string of the molecule is CCCCCCCCCCCCC/C=C/C=C/C(=O)OC[C@@H](O)COP(=O)(O)OCC[N+](C)(C)C. The maximum atomic E-state index is 11.8. The summed E-state index contributed by atoms with van der Waals surface area (Å²) in [5, 5.41) is 9.79. The van der Waals surface area contributed by atoms with Gasteiger partial charge in [-0.05, 0) is 12.8 Å². The van der Waals surface area contributed by atoms with E-state index >= 15 is 0 Å². The number of carbonyl (C=O) groups is 1. The molecule has 9 heteroatoms. The van der Waals surface area contributed by atoms with E-state index in [1.54, 1.807) is 6.08 Å². The minimum absolute atomic E-state index is 0.0416. The summed E-state index contributed by atoms with van der Waals surface area (Å²) in [6.45, 7) is 1.99. The topological polar surface area (TPSA) is 102 Å². The Labute approximate surface area is 213 Å². The molecule has 0 aliphatic carbocycles. The van der Waals surface area contributed by atoms with Gasteiger partial charge in [-0.1, -0.05) is 89.4 Å². The number of carbonyl (C=O) groups excluding carboxylic acids is 1. The smallest absolute Gasteiger partial charge is 0.460 e. The van der Waals surface area contributed by atoms with Gasteiger partial charge in [0, 0.05) is 6.08 Å². The quantitative estimate of drug-likeness (QED) is 0.0455. The molecule has 0 aliphatic heterocycles. The van der Waals surface area contributed by atoms with Crippen molar-refractivity contribution in [3.05, 3.63) is 24.3 Å². The van der Waals surface area contributed by atoms with Crippen molar-refractivity contribution in [1.29, 1.82) is 0 Å².